The summed E-state index contributed by atoms with van der Waals surface area (Å²) in [4.78, 5) is 17.1. The Kier molecular flexibility index (Phi) is 3.19. The molecule has 90 valence electrons. The standard InChI is InChI=1S/C12H14BrN3O/c1-4-10-12(15(3)7-17)16-6-9(13)5-8(2)11(16)14-10/h5-7H,4H2,1-3H3. The molecule has 0 fully saturated rings. The number of aryl methyl sites for hydroxylation is 2. The molecule has 0 saturated heterocycles. The molecule has 2 heterocycles. The van der Waals surface area contributed by atoms with Crippen molar-refractivity contribution in [2.75, 3.05) is 11.9 Å². The van der Waals surface area contributed by atoms with Gasteiger partial charge in [-0.25, -0.2) is 4.98 Å². The Balaban J connectivity index is 2.82. The molecular formula is C12H14BrN3O. The molecule has 0 aromatic carbocycles. The highest BCUT2D eigenvalue weighted by Crippen LogP contribution is 2.26. The van der Waals surface area contributed by atoms with Crippen molar-refractivity contribution in [2.45, 2.75) is 20.3 Å². The van der Waals surface area contributed by atoms with Crippen LogP contribution in [0.1, 0.15) is 18.2 Å². The molecule has 0 N–H and O–H groups in total. The zero-order valence-corrected chi connectivity index (χ0v) is 11.7. The molecule has 0 radical (unpaired) electrons. The summed E-state index contributed by atoms with van der Waals surface area (Å²) in [7, 11) is 1.74. The first kappa shape index (κ1) is 12.1. The van der Waals surface area contributed by atoms with Crippen LogP contribution in [-0.4, -0.2) is 22.8 Å². The molecule has 2 aromatic rings. The highest BCUT2D eigenvalue weighted by atomic mass is 79.9. The highest BCUT2D eigenvalue weighted by Gasteiger charge is 2.15. The van der Waals surface area contributed by atoms with Gasteiger partial charge in [0.05, 0.1) is 5.69 Å². The largest absolute Gasteiger partial charge is 0.302 e. The Morgan fingerprint density at radius 3 is 2.88 bits per heavy atom. The smallest absolute Gasteiger partial charge is 0.215 e. The fourth-order valence-electron chi connectivity index (χ4n) is 1.96. The molecule has 0 unspecified atom stereocenters. The van der Waals surface area contributed by atoms with E-state index in [0.29, 0.717) is 0 Å². The second kappa shape index (κ2) is 4.49. The molecule has 0 aliphatic heterocycles. The number of hydrogen-bond acceptors (Lipinski definition) is 2. The molecule has 0 bridgehead atoms. The lowest BCUT2D eigenvalue weighted by molar-refractivity contribution is -0.107. The van der Waals surface area contributed by atoms with Gasteiger partial charge in [-0.2, -0.15) is 0 Å². The van der Waals surface area contributed by atoms with Crippen molar-refractivity contribution in [3.05, 3.63) is 28.0 Å². The minimum Gasteiger partial charge on any atom is -0.302 e. The van der Waals surface area contributed by atoms with E-state index in [0.717, 1.165) is 40.0 Å². The third kappa shape index (κ3) is 1.95. The number of rotatable bonds is 3. The summed E-state index contributed by atoms with van der Waals surface area (Å²) in [6, 6.07) is 2.02. The predicted octanol–water partition coefficient (Wildman–Crippen LogP) is 2.56. The molecule has 1 amide bonds. The zero-order chi connectivity index (χ0) is 12.6. The van der Waals surface area contributed by atoms with Crippen LogP contribution in [-0.2, 0) is 11.2 Å². The molecule has 2 rings (SSSR count). The molecule has 5 heteroatoms. The number of halogens is 1. The first-order chi connectivity index (χ1) is 8.08. The third-order valence-corrected chi connectivity index (χ3v) is 3.18. The van der Waals surface area contributed by atoms with Gasteiger partial charge < -0.3 is 4.90 Å². The van der Waals surface area contributed by atoms with E-state index < -0.39 is 0 Å². The van der Waals surface area contributed by atoms with Crippen LogP contribution in [0.5, 0.6) is 0 Å². The van der Waals surface area contributed by atoms with E-state index >= 15 is 0 Å². The van der Waals surface area contributed by atoms with Gasteiger partial charge in [-0.3, -0.25) is 9.20 Å². The van der Waals surface area contributed by atoms with E-state index in [4.69, 9.17) is 0 Å². The lowest BCUT2D eigenvalue weighted by Crippen LogP contribution is -2.17. The van der Waals surface area contributed by atoms with Gasteiger partial charge in [-0.15, -0.1) is 0 Å². The summed E-state index contributed by atoms with van der Waals surface area (Å²) in [6.07, 6.45) is 3.54. The molecule has 4 nitrogen and oxygen atoms in total. The van der Waals surface area contributed by atoms with E-state index in [9.17, 15) is 4.79 Å². The van der Waals surface area contributed by atoms with Crippen molar-refractivity contribution < 1.29 is 4.79 Å². The van der Waals surface area contributed by atoms with Crippen molar-refractivity contribution in [2.24, 2.45) is 0 Å². The third-order valence-electron chi connectivity index (χ3n) is 2.74. The SMILES string of the molecule is CCc1nc2c(C)cc(Br)cn2c1N(C)C=O. The zero-order valence-electron chi connectivity index (χ0n) is 10.1. The summed E-state index contributed by atoms with van der Waals surface area (Å²) in [5.74, 6) is 0.835. The molecule has 0 atom stereocenters. The fourth-order valence-corrected chi connectivity index (χ4v) is 2.51. The fraction of sp³-hybridized carbons (Fsp3) is 0.333. The number of fused-ring (bicyclic) bond motifs is 1. The number of imidazole rings is 1. The molecular weight excluding hydrogens is 282 g/mol. The van der Waals surface area contributed by atoms with E-state index in [1.807, 2.05) is 30.5 Å². The van der Waals surface area contributed by atoms with Crippen molar-refractivity contribution in [1.29, 1.82) is 0 Å². The van der Waals surface area contributed by atoms with Crippen LogP contribution < -0.4 is 4.90 Å². The monoisotopic (exact) mass is 295 g/mol. The summed E-state index contributed by atoms with van der Waals surface area (Å²) < 4.78 is 2.93. The Hall–Kier alpha value is -1.36. The topological polar surface area (TPSA) is 37.6 Å². The van der Waals surface area contributed by atoms with Gasteiger partial charge in [0.2, 0.25) is 6.41 Å². The number of amides is 1. The Bertz CT molecular complexity index is 577. The second-order valence-electron chi connectivity index (χ2n) is 3.99. The number of anilines is 1. The summed E-state index contributed by atoms with van der Waals surface area (Å²) in [5, 5.41) is 0. The van der Waals surface area contributed by atoms with E-state index in [2.05, 4.69) is 20.9 Å². The Labute approximate surface area is 108 Å². The van der Waals surface area contributed by atoms with Gasteiger partial charge in [0, 0.05) is 17.7 Å². The van der Waals surface area contributed by atoms with Gasteiger partial charge in [0.25, 0.3) is 0 Å². The number of nitrogens with zero attached hydrogens (tertiary/aromatic N) is 3. The molecule has 0 aliphatic carbocycles. The maximum atomic E-state index is 11.0. The minimum absolute atomic E-state index is 0.798. The number of aromatic nitrogens is 2. The van der Waals surface area contributed by atoms with Crippen LogP contribution in [0.3, 0.4) is 0 Å². The quantitative estimate of drug-likeness (QED) is 0.816. The highest BCUT2D eigenvalue weighted by molar-refractivity contribution is 9.10. The van der Waals surface area contributed by atoms with E-state index in [1.54, 1.807) is 11.9 Å². The van der Waals surface area contributed by atoms with Crippen molar-refractivity contribution in [3.63, 3.8) is 0 Å². The van der Waals surface area contributed by atoms with Crippen LogP contribution in [0.25, 0.3) is 5.65 Å². The van der Waals surface area contributed by atoms with Crippen LogP contribution >= 0.6 is 15.9 Å². The molecule has 0 saturated carbocycles. The van der Waals surface area contributed by atoms with Gasteiger partial charge >= 0.3 is 0 Å². The van der Waals surface area contributed by atoms with Crippen molar-refractivity contribution in [3.8, 4) is 0 Å². The Morgan fingerprint density at radius 2 is 2.29 bits per heavy atom. The first-order valence-electron chi connectivity index (χ1n) is 5.43. The average Bonchev–Trinajstić information content (AvgIpc) is 2.66. The lowest BCUT2D eigenvalue weighted by Gasteiger charge is -2.12. The number of carbonyl (C=O) groups is 1. The van der Waals surface area contributed by atoms with Crippen LogP contribution in [0.2, 0.25) is 0 Å². The number of carbonyl (C=O) groups excluding carboxylic acids is 1. The summed E-state index contributed by atoms with van der Waals surface area (Å²) in [5.41, 5.74) is 2.91. The number of hydrogen-bond donors (Lipinski definition) is 0. The van der Waals surface area contributed by atoms with Crippen molar-refractivity contribution >= 4 is 33.8 Å². The van der Waals surface area contributed by atoms with Gasteiger partial charge in [-0.1, -0.05) is 6.92 Å². The molecule has 2 aromatic heterocycles. The molecule has 0 aliphatic rings. The van der Waals surface area contributed by atoms with Gasteiger partial charge in [0.15, 0.2) is 0 Å². The summed E-state index contributed by atoms with van der Waals surface area (Å²) >= 11 is 3.46. The van der Waals surface area contributed by atoms with Gasteiger partial charge in [-0.05, 0) is 40.9 Å². The lowest BCUT2D eigenvalue weighted by atomic mass is 10.3. The van der Waals surface area contributed by atoms with Crippen molar-refractivity contribution in [1.82, 2.24) is 9.38 Å². The molecule has 17 heavy (non-hydrogen) atoms. The minimum atomic E-state index is 0.798. The van der Waals surface area contributed by atoms with E-state index in [1.165, 1.54) is 0 Å². The van der Waals surface area contributed by atoms with Gasteiger partial charge in [0.1, 0.15) is 11.5 Å². The summed E-state index contributed by atoms with van der Waals surface area (Å²) in [6.45, 7) is 4.05. The van der Waals surface area contributed by atoms with Crippen LogP contribution in [0.4, 0.5) is 5.82 Å². The predicted molar refractivity (Wildman–Crippen MR) is 71.5 cm³/mol. The maximum absolute atomic E-state index is 11.0. The maximum Gasteiger partial charge on any atom is 0.215 e. The van der Waals surface area contributed by atoms with Crippen LogP contribution in [0.15, 0.2) is 16.7 Å². The Morgan fingerprint density at radius 1 is 1.59 bits per heavy atom. The molecule has 0 spiro atoms. The second-order valence-corrected chi connectivity index (χ2v) is 4.90. The number of pyridine rings is 1. The average molecular weight is 296 g/mol. The normalized spacial score (nSPS) is 10.8. The van der Waals surface area contributed by atoms with E-state index in [-0.39, 0.29) is 0 Å². The first-order valence-corrected chi connectivity index (χ1v) is 6.23. The van der Waals surface area contributed by atoms with Crippen LogP contribution in [0, 0.1) is 6.92 Å².